The van der Waals surface area contributed by atoms with E-state index in [-0.39, 0.29) is 11.9 Å². The summed E-state index contributed by atoms with van der Waals surface area (Å²) in [6.45, 7) is 0.101. The zero-order chi connectivity index (χ0) is 16.4. The summed E-state index contributed by atoms with van der Waals surface area (Å²) in [6.07, 6.45) is -5.89. The highest BCUT2D eigenvalue weighted by molar-refractivity contribution is 5.83. The first-order chi connectivity index (χ1) is 11.0. The molecule has 0 unspecified atom stereocenters. The molecule has 0 amide bonds. The van der Waals surface area contributed by atoms with Gasteiger partial charge in [0.05, 0.1) is 17.4 Å². The maximum atomic E-state index is 13.3. The molecule has 0 saturated carbocycles. The standard InChI is InChI=1S/C15H11F4N3O/c16-14(17)15(18,19)23-13-11-8-20-7-6-12(11)21-22(13)9-10-4-2-1-3-5-10/h1-8,14H,9H2. The Morgan fingerprint density at radius 2 is 1.87 bits per heavy atom. The molecule has 0 aliphatic carbocycles. The van der Waals surface area contributed by atoms with Gasteiger partial charge in [0, 0.05) is 12.4 Å². The van der Waals surface area contributed by atoms with Crippen LogP contribution in [-0.2, 0) is 6.54 Å². The van der Waals surface area contributed by atoms with Crippen LogP contribution in [0.3, 0.4) is 0 Å². The monoisotopic (exact) mass is 325 g/mol. The summed E-state index contributed by atoms with van der Waals surface area (Å²) in [6, 6.07) is 10.4. The van der Waals surface area contributed by atoms with Crippen molar-refractivity contribution in [2.45, 2.75) is 19.1 Å². The van der Waals surface area contributed by atoms with Gasteiger partial charge in [-0.3, -0.25) is 4.98 Å². The summed E-state index contributed by atoms with van der Waals surface area (Å²) < 4.78 is 57.0. The van der Waals surface area contributed by atoms with Crippen LogP contribution in [0.1, 0.15) is 5.56 Å². The maximum absolute atomic E-state index is 13.3. The van der Waals surface area contributed by atoms with Gasteiger partial charge in [-0.25, -0.2) is 4.68 Å². The molecule has 0 N–H and O–H groups in total. The molecule has 3 rings (SSSR count). The number of aromatic nitrogens is 3. The highest BCUT2D eigenvalue weighted by atomic mass is 19.3. The molecule has 3 aromatic rings. The van der Waals surface area contributed by atoms with Gasteiger partial charge in [0.25, 0.3) is 0 Å². The summed E-state index contributed by atoms with van der Waals surface area (Å²) in [5, 5.41) is 4.27. The quantitative estimate of drug-likeness (QED) is 0.671. The molecule has 0 atom stereocenters. The minimum absolute atomic E-state index is 0.101. The van der Waals surface area contributed by atoms with Gasteiger partial charge in [-0.1, -0.05) is 30.3 Å². The van der Waals surface area contributed by atoms with Crippen LogP contribution in [0.2, 0.25) is 0 Å². The van der Waals surface area contributed by atoms with Crippen LogP contribution in [0.5, 0.6) is 5.88 Å². The second kappa shape index (κ2) is 5.86. The zero-order valence-electron chi connectivity index (χ0n) is 11.7. The first kappa shape index (κ1) is 15.3. The molecule has 0 fully saturated rings. The summed E-state index contributed by atoms with van der Waals surface area (Å²) in [5.41, 5.74) is 1.09. The minimum atomic E-state index is -4.61. The Hall–Kier alpha value is -2.64. The van der Waals surface area contributed by atoms with E-state index < -0.39 is 18.4 Å². The van der Waals surface area contributed by atoms with Gasteiger partial charge in [0.2, 0.25) is 5.88 Å². The molecular formula is C15H11F4N3O. The summed E-state index contributed by atoms with van der Waals surface area (Å²) in [4.78, 5) is 3.80. The second-order valence-electron chi connectivity index (χ2n) is 4.81. The van der Waals surface area contributed by atoms with Crippen LogP contribution in [0.4, 0.5) is 17.6 Å². The van der Waals surface area contributed by atoms with Gasteiger partial charge in [0.15, 0.2) is 0 Å². The number of ether oxygens (including phenoxy) is 1. The Balaban J connectivity index is 2.04. The fourth-order valence-corrected chi connectivity index (χ4v) is 2.10. The van der Waals surface area contributed by atoms with E-state index in [1.807, 2.05) is 0 Å². The van der Waals surface area contributed by atoms with Gasteiger partial charge in [-0.2, -0.15) is 22.7 Å². The van der Waals surface area contributed by atoms with Gasteiger partial charge < -0.3 is 4.74 Å². The van der Waals surface area contributed by atoms with Crippen molar-refractivity contribution in [3.63, 3.8) is 0 Å². The lowest BCUT2D eigenvalue weighted by atomic mass is 10.2. The predicted molar refractivity (Wildman–Crippen MR) is 74.7 cm³/mol. The molecule has 0 saturated heterocycles. The average molecular weight is 325 g/mol. The highest BCUT2D eigenvalue weighted by Gasteiger charge is 2.45. The van der Waals surface area contributed by atoms with Crippen LogP contribution in [-0.4, -0.2) is 27.3 Å². The van der Waals surface area contributed by atoms with Crippen LogP contribution >= 0.6 is 0 Å². The van der Waals surface area contributed by atoms with Gasteiger partial charge in [-0.05, 0) is 11.6 Å². The highest BCUT2D eigenvalue weighted by Crippen LogP contribution is 2.32. The number of alkyl halides is 4. The van der Waals surface area contributed by atoms with Crippen molar-refractivity contribution < 1.29 is 22.3 Å². The molecule has 0 aliphatic heterocycles. The minimum Gasteiger partial charge on any atom is -0.410 e. The van der Waals surface area contributed by atoms with Crippen molar-refractivity contribution in [1.82, 2.24) is 14.8 Å². The Morgan fingerprint density at radius 3 is 2.57 bits per heavy atom. The largest absolute Gasteiger partial charge is 0.462 e. The second-order valence-corrected chi connectivity index (χ2v) is 4.81. The fourth-order valence-electron chi connectivity index (χ4n) is 2.10. The molecule has 23 heavy (non-hydrogen) atoms. The van der Waals surface area contributed by atoms with Crippen LogP contribution < -0.4 is 4.74 Å². The Kier molecular flexibility index (Phi) is 3.89. The lowest BCUT2D eigenvalue weighted by Crippen LogP contribution is -2.34. The third-order valence-corrected chi connectivity index (χ3v) is 3.15. The Labute approximate surface area is 128 Å². The van der Waals surface area contributed by atoms with E-state index in [0.717, 1.165) is 10.2 Å². The van der Waals surface area contributed by atoms with Gasteiger partial charge >= 0.3 is 12.5 Å². The van der Waals surface area contributed by atoms with Crippen molar-refractivity contribution in [2.75, 3.05) is 0 Å². The lowest BCUT2D eigenvalue weighted by Gasteiger charge is -2.17. The van der Waals surface area contributed by atoms with E-state index in [2.05, 4.69) is 14.8 Å². The number of benzene rings is 1. The number of halogens is 4. The van der Waals surface area contributed by atoms with E-state index >= 15 is 0 Å². The Morgan fingerprint density at radius 1 is 1.13 bits per heavy atom. The van der Waals surface area contributed by atoms with Crippen LogP contribution in [0, 0.1) is 0 Å². The molecular weight excluding hydrogens is 314 g/mol. The molecule has 2 heterocycles. The number of hydrogen-bond donors (Lipinski definition) is 0. The van der Waals surface area contributed by atoms with E-state index in [9.17, 15) is 17.6 Å². The third kappa shape index (κ3) is 3.10. The van der Waals surface area contributed by atoms with Crippen molar-refractivity contribution >= 4 is 10.9 Å². The number of hydrogen-bond acceptors (Lipinski definition) is 3. The fraction of sp³-hybridized carbons (Fsp3) is 0.200. The Bertz CT molecular complexity index is 805. The summed E-state index contributed by atoms with van der Waals surface area (Å²) in [5.74, 6) is -0.442. The maximum Gasteiger partial charge on any atom is 0.462 e. The number of pyridine rings is 1. The molecule has 4 nitrogen and oxygen atoms in total. The molecule has 0 radical (unpaired) electrons. The van der Waals surface area contributed by atoms with E-state index in [1.54, 1.807) is 30.3 Å². The topological polar surface area (TPSA) is 39.9 Å². The predicted octanol–water partition coefficient (Wildman–Crippen LogP) is 3.72. The summed E-state index contributed by atoms with van der Waals surface area (Å²) in [7, 11) is 0. The molecule has 0 bridgehead atoms. The SMILES string of the molecule is FC(F)C(F)(F)Oc1c2cnccc2nn1Cc1ccccc1. The number of nitrogens with zero attached hydrogens (tertiary/aromatic N) is 3. The van der Waals surface area contributed by atoms with E-state index in [0.29, 0.717) is 5.52 Å². The van der Waals surface area contributed by atoms with Crippen molar-refractivity contribution in [2.24, 2.45) is 0 Å². The first-order valence-corrected chi connectivity index (χ1v) is 6.67. The van der Waals surface area contributed by atoms with Crippen LogP contribution in [0.15, 0.2) is 48.8 Å². The first-order valence-electron chi connectivity index (χ1n) is 6.67. The lowest BCUT2D eigenvalue weighted by molar-refractivity contribution is -0.255. The number of rotatable bonds is 5. The van der Waals surface area contributed by atoms with Crippen molar-refractivity contribution in [3.05, 3.63) is 54.4 Å². The number of fused-ring (bicyclic) bond motifs is 1. The van der Waals surface area contributed by atoms with Crippen LogP contribution in [0.25, 0.3) is 10.9 Å². The molecule has 120 valence electrons. The molecule has 1 aromatic carbocycles. The smallest absolute Gasteiger partial charge is 0.410 e. The molecule has 2 aromatic heterocycles. The zero-order valence-corrected chi connectivity index (χ0v) is 11.7. The molecule has 0 aliphatic rings. The molecule has 8 heteroatoms. The van der Waals surface area contributed by atoms with Gasteiger partial charge in [0.1, 0.15) is 0 Å². The van der Waals surface area contributed by atoms with Gasteiger partial charge in [-0.15, -0.1) is 0 Å². The molecule has 0 spiro atoms. The normalized spacial score (nSPS) is 12.0. The summed E-state index contributed by atoms with van der Waals surface area (Å²) >= 11 is 0. The van der Waals surface area contributed by atoms with Crippen molar-refractivity contribution in [1.29, 1.82) is 0 Å². The van der Waals surface area contributed by atoms with E-state index in [4.69, 9.17) is 0 Å². The average Bonchev–Trinajstić information content (AvgIpc) is 2.85. The third-order valence-electron chi connectivity index (χ3n) is 3.15. The van der Waals surface area contributed by atoms with E-state index in [1.165, 1.54) is 18.5 Å². The van der Waals surface area contributed by atoms with Crippen molar-refractivity contribution in [3.8, 4) is 5.88 Å².